The second-order valence-electron chi connectivity index (χ2n) is 3.96. The monoisotopic (exact) mass is 242 g/mol. The Morgan fingerprint density at radius 3 is 2.65 bits per heavy atom. The van der Waals surface area contributed by atoms with E-state index in [0.717, 1.165) is 6.07 Å². The number of halogens is 2. The fraction of sp³-hybridized carbons (Fsp3) is 0.333. The van der Waals surface area contributed by atoms with Gasteiger partial charge in [0.05, 0.1) is 0 Å². The van der Waals surface area contributed by atoms with Gasteiger partial charge in [0.15, 0.2) is 5.76 Å². The number of aryl methyl sites for hydroxylation is 1. The predicted octanol–water partition coefficient (Wildman–Crippen LogP) is 2.50. The fourth-order valence-electron chi connectivity index (χ4n) is 1.80. The Bertz CT molecular complexity index is 483. The van der Waals surface area contributed by atoms with Crippen LogP contribution in [0.1, 0.15) is 23.7 Å². The van der Waals surface area contributed by atoms with Crippen LogP contribution in [-0.2, 0) is 4.74 Å². The van der Waals surface area contributed by atoms with Crippen LogP contribution in [0.2, 0.25) is 0 Å². The van der Waals surface area contributed by atoms with E-state index in [9.17, 15) is 13.9 Å². The molecule has 2 rings (SSSR count). The lowest BCUT2D eigenvalue weighted by Gasteiger charge is -2.14. The topological polar surface area (TPSA) is 49.7 Å². The maximum absolute atomic E-state index is 13.6. The highest BCUT2D eigenvalue weighted by Gasteiger charge is 2.29. The van der Waals surface area contributed by atoms with E-state index in [1.54, 1.807) is 0 Å². The second kappa shape index (κ2) is 4.33. The molecule has 1 heterocycles. The van der Waals surface area contributed by atoms with E-state index in [4.69, 9.17) is 9.84 Å². The summed E-state index contributed by atoms with van der Waals surface area (Å²) in [5, 5.41) is 18.3. The molecule has 3 nitrogen and oxygen atoms in total. The van der Waals surface area contributed by atoms with Crippen molar-refractivity contribution in [2.75, 3.05) is 6.61 Å². The van der Waals surface area contributed by atoms with Gasteiger partial charge in [-0.3, -0.25) is 0 Å². The average Bonchev–Trinajstić information content (AvgIpc) is 2.65. The van der Waals surface area contributed by atoms with E-state index in [1.807, 2.05) is 0 Å². The van der Waals surface area contributed by atoms with Crippen LogP contribution in [0, 0.1) is 18.6 Å². The Balaban J connectivity index is 2.29. The van der Waals surface area contributed by atoms with Crippen molar-refractivity contribution in [2.45, 2.75) is 19.4 Å². The van der Waals surface area contributed by atoms with E-state index in [0.29, 0.717) is 5.56 Å². The van der Waals surface area contributed by atoms with Crippen LogP contribution >= 0.6 is 0 Å². The molecule has 1 aliphatic heterocycles. The molecule has 0 aromatic heterocycles. The molecule has 1 aromatic rings. The lowest BCUT2D eigenvalue weighted by molar-refractivity contribution is 0.111. The van der Waals surface area contributed by atoms with E-state index in [1.165, 1.54) is 13.0 Å². The first-order valence-electron chi connectivity index (χ1n) is 5.17. The Labute approximate surface area is 97.0 Å². The summed E-state index contributed by atoms with van der Waals surface area (Å²) in [6.07, 6.45) is -0.630. The smallest absolute Gasteiger partial charge is 0.160 e. The zero-order valence-electron chi connectivity index (χ0n) is 9.20. The van der Waals surface area contributed by atoms with Crippen LogP contribution in [0.5, 0.6) is 0 Å². The fourth-order valence-corrected chi connectivity index (χ4v) is 1.80. The highest BCUT2D eigenvalue weighted by molar-refractivity contribution is 5.30. The molecule has 92 valence electrons. The van der Waals surface area contributed by atoms with Gasteiger partial charge in [-0.1, -0.05) is 0 Å². The minimum atomic E-state index is -0.718. The Hall–Kier alpha value is -1.62. The SMILES string of the molecule is Cc1cc(C2CC(O)=C(CO)O2)c(F)cc1F. The molecule has 1 atom stereocenters. The van der Waals surface area contributed by atoms with Gasteiger partial charge in [0.2, 0.25) is 0 Å². The lowest BCUT2D eigenvalue weighted by atomic mass is 10.0. The molecule has 0 amide bonds. The van der Waals surface area contributed by atoms with Crippen LogP contribution in [0.4, 0.5) is 8.78 Å². The van der Waals surface area contributed by atoms with E-state index in [-0.39, 0.29) is 23.5 Å². The number of rotatable bonds is 2. The van der Waals surface area contributed by atoms with Crippen molar-refractivity contribution in [3.63, 3.8) is 0 Å². The number of hydrogen-bond acceptors (Lipinski definition) is 3. The molecule has 1 aromatic carbocycles. The number of hydrogen-bond donors (Lipinski definition) is 2. The summed E-state index contributed by atoms with van der Waals surface area (Å²) in [5.41, 5.74) is 0.487. The van der Waals surface area contributed by atoms with Crippen LogP contribution in [0.3, 0.4) is 0 Å². The summed E-state index contributed by atoms with van der Waals surface area (Å²) in [6.45, 7) is 1.08. The molecule has 0 saturated carbocycles. The van der Waals surface area contributed by atoms with Gasteiger partial charge in [0.25, 0.3) is 0 Å². The molecule has 1 aliphatic rings. The number of aliphatic hydroxyl groups excluding tert-OH is 2. The van der Waals surface area contributed by atoms with Crippen molar-refractivity contribution in [3.8, 4) is 0 Å². The van der Waals surface area contributed by atoms with Gasteiger partial charge in [0.1, 0.15) is 30.1 Å². The van der Waals surface area contributed by atoms with Crippen molar-refractivity contribution < 1.29 is 23.7 Å². The third-order valence-electron chi connectivity index (χ3n) is 2.75. The molecule has 0 saturated heterocycles. The van der Waals surface area contributed by atoms with Crippen molar-refractivity contribution in [3.05, 3.63) is 46.4 Å². The predicted molar refractivity (Wildman–Crippen MR) is 56.3 cm³/mol. The third kappa shape index (κ3) is 2.10. The van der Waals surface area contributed by atoms with Gasteiger partial charge in [-0.05, 0) is 18.6 Å². The maximum Gasteiger partial charge on any atom is 0.160 e. The van der Waals surface area contributed by atoms with Crippen molar-refractivity contribution >= 4 is 0 Å². The van der Waals surface area contributed by atoms with Crippen molar-refractivity contribution in [1.29, 1.82) is 0 Å². The first kappa shape index (κ1) is 11.9. The molecule has 0 radical (unpaired) electrons. The van der Waals surface area contributed by atoms with Gasteiger partial charge >= 0.3 is 0 Å². The summed E-state index contributed by atoms with van der Waals surface area (Å²) in [4.78, 5) is 0. The largest absolute Gasteiger partial charge is 0.509 e. The van der Waals surface area contributed by atoms with Crippen LogP contribution < -0.4 is 0 Å². The van der Waals surface area contributed by atoms with Crippen LogP contribution in [-0.4, -0.2) is 16.8 Å². The summed E-state index contributed by atoms with van der Waals surface area (Å²) in [6, 6.07) is 2.14. The van der Waals surface area contributed by atoms with Gasteiger partial charge in [-0.2, -0.15) is 0 Å². The molecular formula is C12H12F2O3. The number of aliphatic hydroxyl groups is 2. The van der Waals surface area contributed by atoms with E-state index >= 15 is 0 Å². The summed E-state index contributed by atoms with van der Waals surface area (Å²) in [5.74, 6) is -1.40. The summed E-state index contributed by atoms with van der Waals surface area (Å²) in [7, 11) is 0. The lowest BCUT2D eigenvalue weighted by Crippen LogP contribution is -2.03. The second-order valence-corrected chi connectivity index (χ2v) is 3.96. The highest BCUT2D eigenvalue weighted by atomic mass is 19.1. The normalized spacial score (nSPS) is 19.6. The first-order chi connectivity index (χ1) is 8.02. The third-order valence-corrected chi connectivity index (χ3v) is 2.75. The molecule has 5 heteroatoms. The Kier molecular flexibility index (Phi) is 3.02. The number of benzene rings is 1. The maximum atomic E-state index is 13.6. The van der Waals surface area contributed by atoms with Gasteiger partial charge in [-0.15, -0.1) is 0 Å². The standard InChI is InChI=1S/C12H12F2O3/c1-6-2-7(9(14)3-8(6)13)11-4-10(16)12(5-15)17-11/h2-3,11,15-16H,4-5H2,1H3. The highest BCUT2D eigenvalue weighted by Crippen LogP contribution is 2.36. The van der Waals surface area contributed by atoms with Crippen LogP contribution in [0.15, 0.2) is 23.7 Å². The molecule has 0 bridgehead atoms. The molecule has 0 spiro atoms. The van der Waals surface area contributed by atoms with E-state index < -0.39 is 24.3 Å². The van der Waals surface area contributed by atoms with Crippen molar-refractivity contribution in [2.24, 2.45) is 0 Å². The quantitative estimate of drug-likeness (QED) is 0.837. The van der Waals surface area contributed by atoms with Gasteiger partial charge in [-0.25, -0.2) is 8.78 Å². The minimum absolute atomic E-state index is 0.0383. The summed E-state index contributed by atoms with van der Waals surface area (Å²) >= 11 is 0. The molecule has 1 unspecified atom stereocenters. The Morgan fingerprint density at radius 2 is 2.06 bits per heavy atom. The minimum Gasteiger partial charge on any atom is -0.509 e. The molecule has 0 aliphatic carbocycles. The summed E-state index contributed by atoms with van der Waals surface area (Å²) < 4.78 is 31.8. The zero-order chi connectivity index (χ0) is 12.6. The number of ether oxygens (including phenoxy) is 1. The van der Waals surface area contributed by atoms with Gasteiger partial charge < -0.3 is 14.9 Å². The molecule has 2 N–H and O–H groups in total. The molecule has 0 fully saturated rings. The Morgan fingerprint density at radius 1 is 1.35 bits per heavy atom. The van der Waals surface area contributed by atoms with Crippen LogP contribution in [0.25, 0.3) is 0 Å². The first-order valence-corrected chi connectivity index (χ1v) is 5.17. The van der Waals surface area contributed by atoms with E-state index in [2.05, 4.69) is 0 Å². The van der Waals surface area contributed by atoms with Crippen molar-refractivity contribution in [1.82, 2.24) is 0 Å². The molecular weight excluding hydrogens is 230 g/mol. The molecule has 17 heavy (non-hydrogen) atoms. The average molecular weight is 242 g/mol. The zero-order valence-corrected chi connectivity index (χ0v) is 9.20. The van der Waals surface area contributed by atoms with Gasteiger partial charge in [0, 0.05) is 18.1 Å².